The first-order chi connectivity index (χ1) is 3.84. The van der Waals surface area contributed by atoms with Crippen LogP contribution in [0.3, 0.4) is 0 Å². The van der Waals surface area contributed by atoms with Crippen LogP contribution in [-0.2, 0) is 0 Å². The van der Waals surface area contributed by atoms with Crippen LogP contribution < -0.4 is 0 Å². The van der Waals surface area contributed by atoms with Gasteiger partial charge in [-0.3, -0.25) is 0 Å². The average Bonchev–Trinajstić information content (AvgIpc) is 2.14. The smallest absolute Gasteiger partial charge is 0.0262 e. The fraction of sp³-hybridized carbons (Fsp3) is 1.00. The van der Waals surface area contributed by atoms with Crippen molar-refractivity contribution in [1.82, 2.24) is 0 Å². The molecular formula is C6H11ClS. The molecule has 1 fully saturated rings. The maximum atomic E-state index is 5.65. The molecule has 2 heteroatoms. The van der Waals surface area contributed by atoms with Crippen molar-refractivity contribution in [3.05, 3.63) is 0 Å². The van der Waals surface area contributed by atoms with Gasteiger partial charge in [0.05, 0.1) is 0 Å². The summed E-state index contributed by atoms with van der Waals surface area (Å²) in [4.78, 5) is 0. The summed E-state index contributed by atoms with van der Waals surface area (Å²) in [7, 11) is 0. The van der Waals surface area contributed by atoms with Crippen LogP contribution in [-0.4, -0.2) is 11.1 Å². The van der Waals surface area contributed by atoms with Gasteiger partial charge < -0.3 is 0 Å². The van der Waals surface area contributed by atoms with E-state index >= 15 is 0 Å². The molecule has 0 nitrogen and oxygen atoms in total. The van der Waals surface area contributed by atoms with E-state index in [1.165, 1.54) is 19.3 Å². The first-order valence-electron chi connectivity index (χ1n) is 3.08. The van der Waals surface area contributed by atoms with E-state index in [0.717, 1.165) is 5.88 Å². The lowest BCUT2D eigenvalue weighted by atomic mass is 10.1. The highest BCUT2D eigenvalue weighted by atomic mass is 35.5. The SMILES string of the molecule is SC1CCCC1CCl. The van der Waals surface area contributed by atoms with Crippen molar-refractivity contribution < 1.29 is 0 Å². The van der Waals surface area contributed by atoms with Gasteiger partial charge in [0.25, 0.3) is 0 Å². The standard InChI is InChI=1S/C6H11ClS/c7-4-5-2-1-3-6(5)8/h5-6,8H,1-4H2. The molecule has 1 rings (SSSR count). The predicted octanol–water partition coefficient (Wildman–Crippen LogP) is 2.32. The molecule has 0 aromatic heterocycles. The van der Waals surface area contributed by atoms with Crippen LogP contribution in [0, 0.1) is 5.92 Å². The van der Waals surface area contributed by atoms with Gasteiger partial charge in [-0.05, 0) is 18.8 Å². The molecule has 2 atom stereocenters. The molecule has 0 aromatic rings. The third kappa shape index (κ3) is 1.32. The van der Waals surface area contributed by atoms with Crippen molar-refractivity contribution in [1.29, 1.82) is 0 Å². The molecule has 1 aliphatic rings. The summed E-state index contributed by atoms with van der Waals surface area (Å²) in [5, 5.41) is 0.590. The molecule has 0 aromatic carbocycles. The Labute approximate surface area is 61.0 Å². The van der Waals surface area contributed by atoms with Gasteiger partial charge >= 0.3 is 0 Å². The Morgan fingerprint density at radius 3 is 2.50 bits per heavy atom. The summed E-state index contributed by atoms with van der Waals surface area (Å²) in [6.45, 7) is 0. The minimum Gasteiger partial charge on any atom is -0.176 e. The Hall–Kier alpha value is 0.640. The Morgan fingerprint density at radius 1 is 1.50 bits per heavy atom. The normalized spacial score (nSPS) is 38.2. The highest BCUT2D eigenvalue weighted by Gasteiger charge is 2.22. The fourth-order valence-corrected chi connectivity index (χ4v) is 2.13. The first-order valence-corrected chi connectivity index (χ1v) is 4.13. The van der Waals surface area contributed by atoms with E-state index in [0.29, 0.717) is 11.2 Å². The van der Waals surface area contributed by atoms with Gasteiger partial charge in [-0.15, -0.1) is 11.6 Å². The van der Waals surface area contributed by atoms with Gasteiger partial charge in [0, 0.05) is 11.1 Å². The molecule has 0 radical (unpaired) electrons. The van der Waals surface area contributed by atoms with E-state index in [1.807, 2.05) is 0 Å². The number of rotatable bonds is 1. The minimum atomic E-state index is 0.590. The molecule has 0 heterocycles. The van der Waals surface area contributed by atoms with E-state index in [9.17, 15) is 0 Å². The Balaban J connectivity index is 2.30. The number of hydrogen-bond donors (Lipinski definition) is 1. The number of alkyl halides is 1. The molecule has 1 aliphatic carbocycles. The van der Waals surface area contributed by atoms with Crippen molar-refractivity contribution in [2.75, 3.05) is 5.88 Å². The molecule has 0 N–H and O–H groups in total. The van der Waals surface area contributed by atoms with E-state index < -0.39 is 0 Å². The second kappa shape index (κ2) is 2.98. The van der Waals surface area contributed by atoms with Crippen molar-refractivity contribution >= 4 is 24.2 Å². The van der Waals surface area contributed by atoms with Crippen LogP contribution in [0.4, 0.5) is 0 Å². The van der Waals surface area contributed by atoms with Gasteiger partial charge in [-0.25, -0.2) is 0 Å². The van der Waals surface area contributed by atoms with Crippen LogP contribution in [0.15, 0.2) is 0 Å². The van der Waals surface area contributed by atoms with Crippen LogP contribution in [0.1, 0.15) is 19.3 Å². The van der Waals surface area contributed by atoms with Crippen molar-refractivity contribution in [3.8, 4) is 0 Å². The molecule has 1 saturated carbocycles. The molecule has 0 bridgehead atoms. The van der Waals surface area contributed by atoms with Crippen LogP contribution >= 0.6 is 24.2 Å². The van der Waals surface area contributed by atoms with E-state index in [2.05, 4.69) is 12.6 Å². The van der Waals surface area contributed by atoms with Gasteiger partial charge in [0.15, 0.2) is 0 Å². The highest BCUT2D eigenvalue weighted by molar-refractivity contribution is 7.81. The Bertz CT molecular complexity index is 74.9. The summed E-state index contributed by atoms with van der Waals surface area (Å²) < 4.78 is 0. The highest BCUT2D eigenvalue weighted by Crippen LogP contribution is 2.30. The lowest BCUT2D eigenvalue weighted by Crippen LogP contribution is -2.07. The van der Waals surface area contributed by atoms with Gasteiger partial charge in [-0.2, -0.15) is 12.6 Å². The second-order valence-electron chi connectivity index (χ2n) is 2.41. The van der Waals surface area contributed by atoms with Gasteiger partial charge in [0.1, 0.15) is 0 Å². The molecule has 0 saturated heterocycles. The third-order valence-corrected chi connectivity index (χ3v) is 2.89. The number of hydrogen-bond acceptors (Lipinski definition) is 1. The van der Waals surface area contributed by atoms with Crippen molar-refractivity contribution in [2.45, 2.75) is 24.5 Å². The molecule has 0 spiro atoms. The zero-order valence-corrected chi connectivity index (χ0v) is 6.46. The largest absolute Gasteiger partial charge is 0.176 e. The van der Waals surface area contributed by atoms with Crippen LogP contribution in [0.25, 0.3) is 0 Å². The fourth-order valence-electron chi connectivity index (χ4n) is 1.20. The summed E-state index contributed by atoms with van der Waals surface area (Å²) in [6, 6.07) is 0. The van der Waals surface area contributed by atoms with E-state index in [-0.39, 0.29) is 0 Å². The van der Waals surface area contributed by atoms with Crippen molar-refractivity contribution in [3.63, 3.8) is 0 Å². The predicted molar refractivity (Wildman–Crippen MR) is 40.8 cm³/mol. The molecule has 0 aliphatic heterocycles. The van der Waals surface area contributed by atoms with Crippen molar-refractivity contribution in [2.24, 2.45) is 5.92 Å². The maximum absolute atomic E-state index is 5.65. The first kappa shape index (κ1) is 6.76. The molecular weight excluding hydrogens is 140 g/mol. The average molecular weight is 151 g/mol. The van der Waals surface area contributed by atoms with Crippen LogP contribution in [0.5, 0.6) is 0 Å². The summed E-state index contributed by atoms with van der Waals surface area (Å²) in [5.41, 5.74) is 0. The number of thiol groups is 1. The quantitative estimate of drug-likeness (QED) is 0.431. The summed E-state index contributed by atoms with van der Waals surface area (Å²) in [6.07, 6.45) is 3.88. The van der Waals surface area contributed by atoms with Gasteiger partial charge in [0.2, 0.25) is 0 Å². The molecule has 48 valence electrons. The Morgan fingerprint density at radius 2 is 2.25 bits per heavy atom. The maximum Gasteiger partial charge on any atom is 0.0262 e. The summed E-state index contributed by atoms with van der Waals surface area (Å²) >= 11 is 10.0. The zero-order chi connectivity index (χ0) is 5.98. The molecule has 2 unspecified atom stereocenters. The third-order valence-electron chi connectivity index (χ3n) is 1.82. The van der Waals surface area contributed by atoms with Crippen LogP contribution in [0.2, 0.25) is 0 Å². The monoisotopic (exact) mass is 150 g/mol. The zero-order valence-electron chi connectivity index (χ0n) is 4.81. The summed E-state index contributed by atoms with van der Waals surface area (Å²) in [5.74, 6) is 1.49. The topological polar surface area (TPSA) is 0 Å². The molecule has 0 amide bonds. The lowest BCUT2D eigenvalue weighted by Gasteiger charge is -2.08. The second-order valence-corrected chi connectivity index (χ2v) is 3.38. The van der Waals surface area contributed by atoms with E-state index in [4.69, 9.17) is 11.6 Å². The Kier molecular flexibility index (Phi) is 2.51. The number of halogens is 1. The lowest BCUT2D eigenvalue weighted by molar-refractivity contribution is 0.634. The minimum absolute atomic E-state index is 0.590. The van der Waals surface area contributed by atoms with Gasteiger partial charge in [-0.1, -0.05) is 6.42 Å². The van der Waals surface area contributed by atoms with E-state index in [1.54, 1.807) is 0 Å². The molecule has 8 heavy (non-hydrogen) atoms.